The fourth-order valence-electron chi connectivity index (χ4n) is 1.79. The van der Waals surface area contributed by atoms with E-state index in [4.69, 9.17) is 0 Å². The van der Waals surface area contributed by atoms with Crippen molar-refractivity contribution in [1.82, 2.24) is 5.32 Å². The topological polar surface area (TPSA) is 12.0 Å². The molecule has 0 amide bonds. The van der Waals surface area contributed by atoms with Crippen LogP contribution in [0.2, 0.25) is 0 Å². The predicted molar refractivity (Wildman–Crippen MR) is 94.6 cm³/mol. The maximum atomic E-state index is 3.50. The van der Waals surface area contributed by atoms with Gasteiger partial charge in [-0.3, -0.25) is 0 Å². The number of rotatable bonds is 7. The summed E-state index contributed by atoms with van der Waals surface area (Å²) in [5, 5.41) is 3.47. The quantitative estimate of drug-likeness (QED) is 0.642. The molecule has 20 heavy (non-hydrogen) atoms. The van der Waals surface area contributed by atoms with Crippen LogP contribution in [0.15, 0.2) is 45.1 Å². The number of benzene rings is 1. The van der Waals surface area contributed by atoms with Crippen LogP contribution in [0.25, 0.3) is 0 Å². The summed E-state index contributed by atoms with van der Waals surface area (Å²) in [6.07, 6.45) is 0. The van der Waals surface area contributed by atoms with Gasteiger partial charge >= 0.3 is 0 Å². The lowest BCUT2D eigenvalue weighted by molar-refractivity contribution is 0.552. The van der Waals surface area contributed by atoms with Crippen molar-refractivity contribution in [2.45, 2.75) is 31.0 Å². The lowest BCUT2D eigenvalue weighted by atomic mass is 10.2. The van der Waals surface area contributed by atoms with Crippen LogP contribution in [0.1, 0.15) is 24.3 Å². The van der Waals surface area contributed by atoms with Gasteiger partial charge in [-0.2, -0.15) is 0 Å². The summed E-state index contributed by atoms with van der Waals surface area (Å²) in [6, 6.07) is 13.2. The summed E-state index contributed by atoms with van der Waals surface area (Å²) >= 11 is 7.21. The average molecular weight is 370 g/mol. The Balaban J connectivity index is 1.79. The minimum atomic E-state index is 0.704. The highest BCUT2D eigenvalue weighted by Crippen LogP contribution is 2.29. The number of nitrogens with one attached hydrogen (secondary N) is 1. The van der Waals surface area contributed by atoms with Gasteiger partial charge in [0.1, 0.15) is 0 Å². The monoisotopic (exact) mass is 369 g/mol. The third kappa shape index (κ3) is 5.60. The molecule has 1 aromatic carbocycles. The third-order valence-electron chi connectivity index (χ3n) is 2.82. The van der Waals surface area contributed by atoms with E-state index in [1.807, 2.05) is 23.1 Å². The third-order valence-corrected chi connectivity index (χ3v) is 5.68. The lowest BCUT2D eigenvalue weighted by Gasteiger charge is -2.08. The second-order valence-corrected chi connectivity index (χ2v) is 8.76. The summed E-state index contributed by atoms with van der Waals surface area (Å²) in [6.45, 7) is 6.50. The van der Waals surface area contributed by atoms with Crippen LogP contribution in [-0.4, -0.2) is 6.54 Å². The van der Waals surface area contributed by atoms with E-state index in [2.05, 4.69) is 71.5 Å². The van der Waals surface area contributed by atoms with Crippen molar-refractivity contribution in [2.75, 3.05) is 6.54 Å². The molecule has 0 radical (unpaired) electrons. The van der Waals surface area contributed by atoms with Crippen LogP contribution >= 0.6 is 39.0 Å². The van der Waals surface area contributed by atoms with Crippen LogP contribution < -0.4 is 5.32 Å². The molecule has 0 aliphatic carbocycles. The fourth-order valence-corrected chi connectivity index (χ4v) is 4.22. The number of thioether (sulfide) groups is 1. The van der Waals surface area contributed by atoms with Gasteiger partial charge in [0.25, 0.3) is 0 Å². The Morgan fingerprint density at radius 1 is 1.15 bits per heavy atom. The predicted octanol–water partition coefficient (Wildman–Crippen LogP) is 5.55. The Bertz CT molecular complexity index is 520. The van der Waals surface area contributed by atoms with E-state index in [9.17, 15) is 0 Å². The van der Waals surface area contributed by atoms with Gasteiger partial charge < -0.3 is 5.32 Å². The largest absolute Gasteiger partial charge is 0.312 e. The Morgan fingerprint density at radius 2 is 1.90 bits per heavy atom. The summed E-state index contributed by atoms with van der Waals surface area (Å²) in [5.41, 5.74) is 1.36. The summed E-state index contributed by atoms with van der Waals surface area (Å²) in [4.78, 5) is 2.74. The molecular formula is C16H20BrNS2. The normalized spacial score (nSPS) is 11.2. The molecule has 1 N–H and O–H groups in total. The van der Waals surface area contributed by atoms with Crippen molar-refractivity contribution in [3.63, 3.8) is 0 Å². The molecule has 0 bridgehead atoms. The summed E-state index contributed by atoms with van der Waals surface area (Å²) in [7, 11) is 0. The van der Waals surface area contributed by atoms with Gasteiger partial charge in [0.2, 0.25) is 0 Å². The number of halogens is 1. The van der Waals surface area contributed by atoms with Crippen LogP contribution in [0, 0.1) is 5.92 Å². The summed E-state index contributed by atoms with van der Waals surface area (Å²) < 4.78 is 1.21. The van der Waals surface area contributed by atoms with Gasteiger partial charge in [-0.05, 0) is 58.2 Å². The Morgan fingerprint density at radius 3 is 2.50 bits per heavy atom. The Hall–Kier alpha value is -0.290. The molecule has 1 heterocycles. The number of thiophene rings is 1. The van der Waals surface area contributed by atoms with Gasteiger partial charge in [0.05, 0.1) is 3.79 Å². The molecule has 2 rings (SSSR count). The van der Waals surface area contributed by atoms with E-state index < -0.39 is 0 Å². The van der Waals surface area contributed by atoms with Crippen LogP contribution in [-0.2, 0) is 12.3 Å². The lowest BCUT2D eigenvalue weighted by Crippen LogP contribution is -2.18. The fraction of sp³-hybridized carbons (Fsp3) is 0.375. The van der Waals surface area contributed by atoms with E-state index in [-0.39, 0.29) is 0 Å². The average Bonchev–Trinajstić information content (AvgIpc) is 2.83. The molecule has 4 heteroatoms. The van der Waals surface area contributed by atoms with Gasteiger partial charge in [0.15, 0.2) is 0 Å². The molecule has 0 atom stereocenters. The Labute approximate surface area is 138 Å². The second kappa shape index (κ2) is 8.23. The maximum Gasteiger partial charge on any atom is 0.0701 e. The van der Waals surface area contributed by atoms with Gasteiger partial charge in [-0.1, -0.05) is 26.0 Å². The molecule has 0 saturated heterocycles. The minimum Gasteiger partial charge on any atom is -0.312 e. The van der Waals surface area contributed by atoms with Crippen molar-refractivity contribution in [2.24, 2.45) is 5.92 Å². The van der Waals surface area contributed by atoms with E-state index in [0.717, 1.165) is 18.8 Å². The minimum absolute atomic E-state index is 0.704. The van der Waals surface area contributed by atoms with E-state index in [1.54, 1.807) is 0 Å². The van der Waals surface area contributed by atoms with Crippen molar-refractivity contribution in [3.05, 3.63) is 50.6 Å². The molecule has 1 nitrogen and oxygen atoms in total. The SMILES string of the molecule is CC(C)CNCc1ccc(SCc2ccc(Br)s2)cc1. The molecule has 0 unspecified atom stereocenters. The van der Waals surface area contributed by atoms with Gasteiger partial charge in [-0.25, -0.2) is 0 Å². The first kappa shape index (κ1) is 16.1. The van der Waals surface area contributed by atoms with Crippen LogP contribution in [0.3, 0.4) is 0 Å². The van der Waals surface area contributed by atoms with Crippen LogP contribution in [0.5, 0.6) is 0 Å². The van der Waals surface area contributed by atoms with E-state index in [0.29, 0.717) is 5.92 Å². The smallest absolute Gasteiger partial charge is 0.0701 e. The van der Waals surface area contributed by atoms with Gasteiger partial charge in [0, 0.05) is 22.1 Å². The highest BCUT2D eigenvalue weighted by atomic mass is 79.9. The van der Waals surface area contributed by atoms with Gasteiger partial charge in [-0.15, -0.1) is 23.1 Å². The zero-order valence-corrected chi connectivity index (χ0v) is 15.1. The molecule has 0 saturated carbocycles. The molecule has 0 aliphatic heterocycles. The first-order valence-corrected chi connectivity index (χ1v) is 9.39. The van der Waals surface area contributed by atoms with Crippen LogP contribution in [0.4, 0.5) is 0 Å². The molecule has 1 aromatic heterocycles. The van der Waals surface area contributed by atoms with Crippen molar-refractivity contribution in [3.8, 4) is 0 Å². The first-order chi connectivity index (χ1) is 9.63. The van der Waals surface area contributed by atoms with E-state index in [1.165, 1.54) is 19.1 Å². The highest BCUT2D eigenvalue weighted by molar-refractivity contribution is 9.11. The zero-order valence-electron chi connectivity index (χ0n) is 11.9. The Kier molecular flexibility index (Phi) is 6.62. The number of hydrogen-bond acceptors (Lipinski definition) is 3. The molecule has 0 fully saturated rings. The van der Waals surface area contributed by atoms with Crippen molar-refractivity contribution >= 4 is 39.0 Å². The summed E-state index contributed by atoms with van der Waals surface area (Å²) in [5.74, 6) is 1.75. The maximum absolute atomic E-state index is 3.50. The molecule has 0 spiro atoms. The molecule has 108 valence electrons. The molecule has 0 aliphatic rings. The molecule has 2 aromatic rings. The van der Waals surface area contributed by atoms with E-state index >= 15 is 0 Å². The first-order valence-electron chi connectivity index (χ1n) is 6.80. The van der Waals surface area contributed by atoms with Crippen molar-refractivity contribution < 1.29 is 0 Å². The molecular weight excluding hydrogens is 350 g/mol. The number of hydrogen-bond donors (Lipinski definition) is 1. The zero-order chi connectivity index (χ0) is 14.4. The van der Waals surface area contributed by atoms with Crippen molar-refractivity contribution in [1.29, 1.82) is 0 Å². The highest BCUT2D eigenvalue weighted by Gasteiger charge is 2.00. The second-order valence-electron chi connectivity index (χ2n) is 5.16. The standard InChI is InChI=1S/C16H20BrNS2/c1-12(2)9-18-10-13-3-5-14(6-4-13)19-11-15-7-8-16(17)20-15/h3-8,12,18H,9-11H2,1-2H3.